The summed E-state index contributed by atoms with van der Waals surface area (Å²) in [5, 5.41) is 0. The number of hydrogen-bond donors (Lipinski definition) is 1. The number of carbonyl (C=O) groups is 1. The van der Waals surface area contributed by atoms with Crippen molar-refractivity contribution in [1.82, 2.24) is 4.90 Å². The first-order valence-electron chi connectivity index (χ1n) is 3.64. The molecule has 1 saturated heterocycles. The van der Waals surface area contributed by atoms with E-state index in [0.717, 1.165) is 25.9 Å². The molecule has 1 rings (SSSR count). The van der Waals surface area contributed by atoms with Crippen molar-refractivity contribution in [3.8, 4) is 0 Å². The van der Waals surface area contributed by atoms with E-state index in [-0.39, 0.29) is 12.5 Å². The van der Waals surface area contributed by atoms with E-state index in [1.54, 1.807) is 0 Å². The summed E-state index contributed by atoms with van der Waals surface area (Å²) >= 11 is 0. The smallest absolute Gasteiger partial charge is 0.236 e. The fourth-order valence-corrected chi connectivity index (χ4v) is 1.13. The van der Waals surface area contributed by atoms with Crippen LogP contribution in [-0.4, -0.2) is 30.4 Å². The molecule has 2 N–H and O–H groups in total. The fraction of sp³-hybridized carbons (Fsp3) is 0.714. The van der Waals surface area contributed by atoms with Gasteiger partial charge in [-0.25, -0.2) is 0 Å². The average Bonchev–Trinajstić information content (AvgIpc) is 2.05. The first-order chi connectivity index (χ1) is 4.84. The molecule has 0 saturated carbocycles. The summed E-state index contributed by atoms with van der Waals surface area (Å²) in [5.74, 6) is 0.0769. The molecular formula is C7H13N2O. The Labute approximate surface area is 61.2 Å². The molecule has 3 nitrogen and oxygen atoms in total. The Bertz CT molecular complexity index is 119. The maximum Gasteiger partial charge on any atom is 0.236 e. The van der Waals surface area contributed by atoms with Gasteiger partial charge in [-0.05, 0) is 19.3 Å². The number of carbonyl (C=O) groups excluding carboxylic acids is 1. The van der Waals surface area contributed by atoms with E-state index in [9.17, 15) is 4.79 Å². The Balaban J connectivity index is 2.31. The summed E-state index contributed by atoms with van der Waals surface area (Å²) in [4.78, 5) is 12.8. The molecule has 1 radical (unpaired) electrons. The summed E-state index contributed by atoms with van der Waals surface area (Å²) in [5.41, 5.74) is 5.20. The molecule has 1 amide bonds. The predicted octanol–water partition coefficient (Wildman–Crippen LogP) is -0.228. The quantitative estimate of drug-likeness (QED) is 0.548. The van der Waals surface area contributed by atoms with E-state index >= 15 is 0 Å². The second-order valence-corrected chi connectivity index (χ2v) is 2.45. The summed E-state index contributed by atoms with van der Waals surface area (Å²) in [6, 6.07) is 0. The van der Waals surface area contributed by atoms with E-state index in [1.807, 2.05) is 4.90 Å². The Morgan fingerprint density at radius 1 is 1.50 bits per heavy atom. The molecular weight excluding hydrogens is 128 g/mol. The zero-order valence-electron chi connectivity index (χ0n) is 6.05. The highest BCUT2D eigenvalue weighted by molar-refractivity contribution is 5.78. The van der Waals surface area contributed by atoms with E-state index in [2.05, 4.69) is 6.42 Å². The maximum absolute atomic E-state index is 11.0. The number of likely N-dealkylation sites (tertiary alicyclic amines) is 1. The lowest BCUT2D eigenvalue weighted by Crippen LogP contribution is -2.39. The fourth-order valence-electron chi connectivity index (χ4n) is 1.13. The van der Waals surface area contributed by atoms with Gasteiger partial charge >= 0.3 is 0 Å². The molecule has 0 bridgehead atoms. The lowest BCUT2D eigenvalue weighted by Gasteiger charge is -2.25. The maximum atomic E-state index is 11.0. The number of piperidine rings is 1. The van der Waals surface area contributed by atoms with Gasteiger partial charge < -0.3 is 10.6 Å². The molecule has 10 heavy (non-hydrogen) atoms. The van der Waals surface area contributed by atoms with Gasteiger partial charge in [0, 0.05) is 13.1 Å². The number of hydrogen-bond acceptors (Lipinski definition) is 2. The molecule has 0 spiro atoms. The van der Waals surface area contributed by atoms with Gasteiger partial charge in [0.2, 0.25) is 5.91 Å². The SMILES string of the molecule is NCC(=O)N1CC[CH]CC1. The molecule has 0 unspecified atom stereocenters. The monoisotopic (exact) mass is 141 g/mol. The molecule has 57 valence electrons. The zero-order valence-corrected chi connectivity index (χ0v) is 6.05. The Hall–Kier alpha value is -0.570. The third-order valence-electron chi connectivity index (χ3n) is 1.73. The predicted molar refractivity (Wildman–Crippen MR) is 39.2 cm³/mol. The topological polar surface area (TPSA) is 46.3 Å². The average molecular weight is 141 g/mol. The van der Waals surface area contributed by atoms with Crippen LogP contribution in [0.2, 0.25) is 0 Å². The first kappa shape index (κ1) is 7.54. The van der Waals surface area contributed by atoms with Crippen molar-refractivity contribution in [2.45, 2.75) is 12.8 Å². The largest absolute Gasteiger partial charge is 0.342 e. The zero-order chi connectivity index (χ0) is 7.40. The van der Waals surface area contributed by atoms with Crippen molar-refractivity contribution in [3.05, 3.63) is 6.42 Å². The molecule has 1 fully saturated rings. The second kappa shape index (κ2) is 3.56. The van der Waals surface area contributed by atoms with Gasteiger partial charge in [-0.2, -0.15) is 0 Å². The Morgan fingerprint density at radius 3 is 2.60 bits per heavy atom. The van der Waals surface area contributed by atoms with Gasteiger partial charge in [0.05, 0.1) is 6.54 Å². The van der Waals surface area contributed by atoms with Crippen molar-refractivity contribution < 1.29 is 4.79 Å². The highest BCUT2D eigenvalue weighted by Gasteiger charge is 2.13. The van der Waals surface area contributed by atoms with E-state index < -0.39 is 0 Å². The molecule has 1 aliphatic heterocycles. The lowest BCUT2D eigenvalue weighted by atomic mass is 10.1. The third-order valence-corrected chi connectivity index (χ3v) is 1.73. The van der Waals surface area contributed by atoms with Crippen LogP contribution < -0.4 is 5.73 Å². The van der Waals surface area contributed by atoms with Gasteiger partial charge in [0.1, 0.15) is 0 Å². The molecule has 0 aromatic rings. The summed E-state index contributed by atoms with van der Waals surface area (Å²) in [6.45, 7) is 1.87. The van der Waals surface area contributed by atoms with Crippen LogP contribution >= 0.6 is 0 Å². The van der Waals surface area contributed by atoms with Crippen molar-refractivity contribution in [3.63, 3.8) is 0 Å². The minimum absolute atomic E-state index is 0.0769. The van der Waals surface area contributed by atoms with Crippen molar-refractivity contribution in [2.24, 2.45) is 5.73 Å². The number of rotatable bonds is 1. The van der Waals surface area contributed by atoms with Crippen molar-refractivity contribution >= 4 is 5.91 Å². The summed E-state index contributed by atoms with van der Waals surface area (Å²) in [7, 11) is 0. The third kappa shape index (κ3) is 1.70. The van der Waals surface area contributed by atoms with Gasteiger partial charge in [-0.1, -0.05) is 0 Å². The van der Waals surface area contributed by atoms with Crippen LogP contribution in [0.4, 0.5) is 0 Å². The van der Waals surface area contributed by atoms with Crippen LogP contribution in [0.5, 0.6) is 0 Å². The lowest BCUT2D eigenvalue weighted by molar-refractivity contribution is -0.130. The van der Waals surface area contributed by atoms with Crippen molar-refractivity contribution in [1.29, 1.82) is 0 Å². The van der Waals surface area contributed by atoms with Crippen LogP contribution in [-0.2, 0) is 4.79 Å². The minimum Gasteiger partial charge on any atom is -0.342 e. The standard InChI is InChI=1S/C7H13N2O/c8-6-7(10)9-4-2-1-3-5-9/h1H,2-6,8H2. The molecule has 0 aromatic carbocycles. The number of nitrogens with zero attached hydrogens (tertiary/aromatic N) is 1. The molecule has 1 aliphatic rings. The molecule has 3 heteroatoms. The van der Waals surface area contributed by atoms with Gasteiger partial charge in [0.15, 0.2) is 0 Å². The first-order valence-corrected chi connectivity index (χ1v) is 3.64. The second-order valence-electron chi connectivity index (χ2n) is 2.45. The number of nitrogens with two attached hydrogens (primary N) is 1. The molecule has 0 atom stereocenters. The van der Waals surface area contributed by atoms with Crippen LogP contribution in [0.25, 0.3) is 0 Å². The Morgan fingerprint density at radius 2 is 2.10 bits per heavy atom. The number of amides is 1. The summed E-state index contributed by atoms with van der Waals surface area (Å²) in [6.07, 6.45) is 4.25. The van der Waals surface area contributed by atoms with E-state index in [4.69, 9.17) is 5.73 Å². The van der Waals surface area contributed by atoms with Gasteiger partial charge in [-0.3, -0.25) is 4.79 Å². The molecule has 1 heterocycles. The highest BCUT2D eigenvalue weighted by atomic mass is 16.2. The Kier molecular flexibility index (Phi) is 2.68. The van der Waals surface area contributed by atoms with Crippen LogP contribution in [0.3, 0.4) is 0 Å². The van der Waals surface area contributed by atoms with E-state index in [1.165, 1.54) is 0 Å². The minimum atomic E-state index is 0.0769. The summed E-state index contributed by atoms with van der Waals surface area (Å²) < 4.78 is 0. The molecule has 0 aromatic heterocycles. The van der Waals surface area contributed by atoms with Gasteiger partial charge in [0.25, 0.3) is 0 Å². The van der Waals surface area contributed by atoms with Crippen LogP contribution in [0.15, 0.2) is 0 Å². The van der Waals surface area contributed by atoms with E-state index in [0.29, 0.717) is 0 Å². The van der Waals surface area contributed by atoms with Gasteiger partial charge in [-0.15, -0.1) is 0 Å². The van der Waals surface area contributed by atoms with Crippen LogP contribution in [0, 0.1) is 6.42 Å². The normalized spacial score (nSPS) is 19.1. The molecule has 0 aliphatic carbocycles. The highest BCUT2D eigenvalue weighted by Crippen LogP contribution is 2.06. The van der Waals surface area contributed by atoms with Crippen LogP contribution in [0.1, 0.15) is 12.8 Å². The van der Waals surface area contributed by atoms with Crippen molar-refractivity contribution in [2.75, 3.05) is 19.6 Å².